The number of nitrogen functional groups attached to an aromatic ring is 1. The van der Waals surface area contributed by atoms with Gasteiger partial charge in [0, 0.05) is 22.6 Å². The number of nitrogens with zero attached hydrogens (tertiary/aromatic N) is 2. The molecule has 0 radical (unpaired) electrons. The van der Waals surface area contributed by atoms with Crippen molar-refractivity contribution in [3.63, 3.8) is 0 Å². The van der Waals surface area contributed by atoms with E-state index in [9.17, 15) is 0 Å². The van der Waals surface area contributed by atoms with E-state index in [1.165, 1.54) is 0 Å². The monoisotopic (exact) mass is 322 g/mol. The van der Waals surface area contributed by atoms with Crippen LogP contribution in [-0.2, 0) is 5.75 Å². The van der Waals surface area contributed by atoms with Gasteiger partial charge in [0.05, 0.1) is 5.03 Å². The second-order valence-electron chi connectivity index (χ2n) is 3.57. The summed E-state index contributed by atoms with van der Waals surface area (Å²) in [5.41, 5.74) is 6.99. The molecule has 0 spiro atoms. The third kappa shape index (κ3) is 3.54. The van der Waals surface area contributed by atoms with Crippen LogP contribution >= 0.6 is 27.7 Å². The van der Waals surface area contributed by atoms with Gasteiger partial charge in [-0.05, 0) is 45.8 Å². The maximum Gasteiger partial charge on any atom is 0.141 e. The maximum absolute atomic E-state index is 7.34. The number of halogens is 1. The van der Waals surface area contributed by atoms with Crippen molar-refractivity contribution in [2.75, 3.05) is 0 Å². The SMILES string of the molecule is N=C(N)c1cc(CSc2ccc(Br)cn2)ccn1. The Hall–Kier alpha value is -1.40. The lowest BCUT2D eigenvalue weighted by Gasteiger charge is -2.03. The molecular formula is C12H11BrN4S. The minimum atomic E-state index is -0.0105. The summed E-state index contributed by atoms with van der Waals surface area (Å²) in [5.74, 6) is 0.765. The molecule has 18 heavy (non-hydrogen) atoms. The van der Waals surface area contributed by atoms with Crippen LogP contribution in [0.1, 0.15) is 11.3 Å². The molecule has 2 aromatic heterocycles. The maximum atomic E-state index is 7.34. The van der Waals surface area contributed by atoms with Gasteiger partial charge in [-0.25, -0.2) is 4.98 Å². The predicted molar refractivity (Wildman–Crippen MR) is 76.8 cm³/mol. The van der Waals surface area contributed by atoms with Gasteiger partial charge >= 0.3 is 0 Å². The lowest BCUT2D eigenvalue weighted by atomic mass is 10.2. The van der Waals surface area contributed by atoms with Crippen LogP contribution in [-0.4, -0.2) is 15.8 Å². The van der Waals surface area contributed by atoms with Gasteiger partial charge in [0.1, 0.15) is 11.5 Å². The van der Waals surface area contributed by atoms with E-state index in [1.54, 1.807) is 24.2 Å². The van der Waals surface area contributed by atoms with E-state index in [2.05, 4.69) is 25.9 Å². The number of aromatic nitrogens is 2. The van der Waals surface area contributed by atoms with Crippen molar-refractivity contribution in [3.8, 4) is 0 Å². The second kappa shape index (κ2) is 5.97. The first-order chi connectivity index (χ1) is 8.65. The Balaban J connectivity index is 2.04. The van der Waals surface area contributed by atoms with E-state index in [1.807, 2.05) is 24.3 Å². The average Bonchev–Trinajstić information content (AvgIpc) is 2.38. The van der Waals surface area contributed by atoms with Gasteiger partial charge in [-0.1, -0.05) is 0 Å². The molecule has 92 valence electrons. The Kier molecular flexibility index (Phi) is 4.33. The third-order valence-corrected chi connectivity index (χ3v) is 3.67. The summed E-state index contributed by atoms with van der Waals surface area (Å²) >= 11 is 4.98. The molecule has 0 aliphatic rings. The molecule has 0 bridgehead atoms. The van der Waals surface area contributed by atoms with E-state index in [4.69, 9.17) is 11.1 Å². The summed E-state index contributed by atoms with van der Waals surface area (Å²) in [5, 5.41) is 8.30. The normalized spacial score (nSPS) is 10.3. The van der Waals surface area contributed by atoms with E-state index in [0.717, 1.165) is 20.8 Å². The Bertz CT molecular complexity index is 556. The van der Waals surface area contributed by atoms with E-state index < -0.39 is 0 Å². The quantitative estimate of drug-likeness (QED) is 0.515. The first-order valence-electron chi connectivity index (χ1n) is 5.19. The standard InChI is InChI=1S/C12H11BrN4S/c13-9-1-2-11(17-6-9)18-7-8-3-4-16-10(5-8)12(14)15/h1-6H,7H2,(H3,14,15). The number of hydrogen-bond donors (Lipinski definition) is 2. The van der Waals surface area contributed by atoms with Crippen molar-refractivity contribution < 1.29 is 0 Å². The first kappa shape index (κ1) is 13.0. The minimum Gasteiger partial charge on any atom is -0.382 e. The Morgan fingerprint density at radius 1 is 1.33 bits per heavy atom. The third-order valence-electron chi connectivity index (χ3n) is 2.19. The van der Waals surface area contributed by atoms with Gasteiger partial charge in [-0.15, -0.1) is 11.8 Å². The highest BCUT2D eigenvalue weighted by Crippen LogP contribution is 2.21. The van der Waals surface area contributed by atoms with Gasteiger partial charge in [0.2, 0.25) is 0 Å². The first-order valence-corrected chi connectivity index (χ1v) is 6.96. The van der Waals surface area contributed by atoms with Crippen LogP contribution in [0.4, 0.5) is 0 Å². The molecule has 0 aliphatic carbocycles. The largest absolute Gasteiger partial charge is 0.382 e. The fourth-order valence-corrected chi connectivity index (χ4v) is 2.34. The Morgan fingerprint density at radius 3 is 2.83 bits per heavy atom. The van der Waals surface area contributed by atoms with Gasteiger partial charge in [0.25, 0.3) is 0 Å². The zero-order valence-corrected chi connectivity index (χ0v) is 11.8. The molecule has 0 fully saturated rings. The van der Waals surface area contributed by atoms with Crippen molar-refractivity contribution in [2.45, 2.75) is 10.8 Å². The predicted octanol–water partition coefficient (Wildman–Crippen LogP) is 2.82. The van der Waals surface area contributed by atoms with Crippen molar-refractivity contribution in [2.24, 2.45) is 5.73 Å². The van der Waals surface area contributed by atoms with Gasteiger partial charge in [-0.3, -0.25) is 10.4 Å². The van der Waals surface area contributed by atoms with Crippen molar-refractivity contribution in [3.05, 3.63) is 52.4 Å². The molecule has 0 saturated heterocycles. The summed E-state index contributed by atoms with van der Waals surface area (Å²) in [7, 11) is 0. The molecule has 0 saturated carbocycles. The molecule has 2 aromatic rings. The summed E-state index contributed by atoms with van der Waals surface area (Å²) in [6.07, 6.45) is 3.44. The summed E-state index contributed by atoms with van der Waals surface area (Å²) in [6.45, 7) is 0. The number of thioether (sulfide) groups is 1. The molecule has 3 N–H and O–H groups in total. The molecule has 6 heteroatoms. The number of hydrogen-bond acceptors (Lipinski definition) is 4. The molecule has 0 amide bonds. The average molecular weight is 323 g/mol. The highest BCUT2D eigenvalue weighted by atomic mass is 79.9. The van der Waals surface area contributed by atoms with Crippen LogP contribution in [0.3, 0.4) is 0 Å². The van der Waals surface area contributed by atoms with Crippen LogP contribution in [0.5, 0.6) is 0 Å². The molecule has 2 rings (SSSR count). The number of amidine groups is 1. The fourth-order valence-electron chi connectivity index (χ4n) is 1.32. The molecule has 4 nitrogen and oxygen atoms in total. The number of nitrogens with one attached hydrogen (secondary N) is 1. The number of pyridine rings is 2. The zero-order chi connectivity index (χ0) is 13.0. The van der Waals surface area contributed by atoms with Crippen molar-refractivity contribution in [1.82, 2.24) is 9.97 Å². The van der Waals surface area contributed by atoms with Crippen LogP contribution in [0.25, 0.3) is 0 Å². The minimum absolute atomic E-state index is 0.0105. The topological polar surface area (TPSA) is 75.7 Å². The van der Waals surface area contributed by atoms with Crippen LogP contribution in [0.2, 0.25) is 0 Å². The zero-order valence-electron chi connectivity index (χ0n) is 9.43. The van der Waals surface area contributed by atoms with Crippen LogP contribution in [0, 0.1) is 5.41 Å². The Labute approximate surface area is 118 Å². The highest BCUT2D eigenvalue weighted by Gasteiger charge is 2.02. The van der Waals surface area contributed by atoms with Crippen LogP contribution < -0.4 is 5.73 Å². The second-order valence-corrected chi connectivity index (χ2v) is 5.48. The lowest BCUT2D eigenvalue weighted by molar-refractivity contribution is 1.12. The van der Waals surface area contributed by atoms with Crippen LogP contribution in [0.15, 0.2) is 46.2 Å². The smallest absolute Gasteiger partial charge is 0.141 e. The Morgan fingerprint density at radius 2 is 2.17 bits per heavy atom. The lowest BCUT2D eigenvalue weighted by Crippen LogP contribution is -2.13. The van der Waals surface area contributed by atoms with Gasteiger partial charge in [-0.2, -0.15) is 0 Å². The van der Waals surface area contributed by atoms with Gasteiger partial charge < -0.3 is 5.73 Å². The van der Waals surface area contributed by atoms with Crippen molar-refractivity contribution >= 4 is 33.5 Å². The summed E-state index contributed by atoms with van der Waals surface area (Å²) < 4.78 is 0.967. The molecule has 0 aromatic carbocycles. The fraction of sp³-hybridized carbons (Fsp3) is 0.0833. The summed E-state index contributed by atoms with van der Waals surface area (Å²) in [4.78, 5) is 8.31. The molecule has 0 atom stereocenters. The molecule has 0 aliphatic heterocycles. The van der Waals surface area contributed by atoms with E-state index in [0.29, 0.717) is 5.69 Å². The molecule has 0 unspecified atom stereocenters. The number of rotatable bonds is 4. The highest BCUT2D eigenvalue weighted by molar-refractivity contribution is 9.10. The summed E-state index contributed by atoms with van der Waals surface area (Å²) in [6, 6.07) is 7.66. The number of nitrogens with two attached hydrogens (primary N) is 1. The van der Waals surface area contributed by atoms with E-state index in [-0.39, 0.29) is 5.84 Å². The van der Waals surface area contributed by atoms with Crippen molar-refractivity contribution in [1.29, 1.82) is 5.41 Å². The molecular weight excluding hydrogens is 312 g/mol. The van der Waals surface area contributed by atoms with E-state index >= 15 is 0 Å². The van der Waals surface area contributed by atoms with Gasteiger partial charge in [0.15, 0.2) is 0 Å². The molecule has 2 heterocycles.